The van der Waals surface area contributed by atoms with E-state index in [1.807, 2.05) is 37.3 Å². The molecule has 0 saturated carbocycles. The van der Waals surface area contributed by atoms with Gasteiger partial charge in [0, 0.05) is 58.6 Å². The predicted octanol–water partition coefficient (Wildman–Crippen LogP) is 3.57. The van der Waals surface area contributed by atoms with Crippen molar-refractivity contribution >= 4 is 32.5 Å². The van der Waals surface area contributed by atoms with Crippen molar-refractivity contribution in [2.75, 3.05) is 18.8 Å². The number of nitrogens with one attached hydrogen (secondary N) is 1. The average molecular weight is 524 g/mol. The summed E-state index contributed by atoms with van der Waals surface area (Å²) in [5, 5.41) is 3.69. The van der Waals surface area contributed by atoms with Gasteiger partial charge in [-0.1, -0.05) is 29.8 Å². The van der Waals surface area contributed by atoms with Crippen LogP contribution in [0.25, 0.3) is 33.4 Å². The molecule has 4 heterocycles. The summed E-state index contributed by atoms with van der Waals surface area (Å²) in [5.74, 6) is 0.634. The highest BCUT2D eigenvalue weighted by Crippen LogP contribution is 2.31. The van der Waals surface area contributed by atoms with E-state index in [9.17, 15) is 13.2 Å². The summed E-state index contributed by atoms with van der Waals surface area (Å²) in [6.07, 6.45) is 1.98. The van der Waals surface area contributed by atoms with Crippen LogP contribution in [0.3, 0.4) is 0 Å². The summed E-state index contributed by atoms with van der Waals surface area (Å²) in [5.41, 5.74) is 3.75. The molecular formula is C26H26ClN5O3S. The van der Waals surface area contributed by atoms with Crippen LogP contribution in [0.2, 0.25) is 5.02 Å². The van der Waals surface area contributed by atoms with Gasteiger partial charge in [-0.25, -0.2) is 18.4 Å². The van der Waals surface area contributed by atoms with E-state index in [0.717, 1.165) is 17.0 Å². The molecule has 1 N–H and O–H groups in total. The number of aromatic nitrogens is 4. The minimum Gasteiger partial charge on any atom is -0.314 e. The van der Waals surface area contributed by atoms with Gasteiger partial charge < -0.3 is 5.32 Å². The van der Waals surface area contributed by atoms with Gasteiger partial charge >= 0.3 is 0 Å². The number of benzene rings is 1. The highest BCUT2D eigenvalue weighted by Gasteiger charge is 2.29. The van der Waals surface area contributed by atoms with Gasteiger partial charge in [-0.2, -0.15) is 0 Å². The maximum Gasteiger partial charge on any atom is 0.260 e. The molecule has 0 spiro atoms. The van der Waals surface area contributed by atoms with E-state index in [2.05, 4.69) is 20.3 Å². The Kier molecular flexibility index (Phi) is 6.63. The fourth-order valence-corrected chi connectivity index (χ4v) is 6.45. The van der Waals surface area contributed by atoms with Crippen LogP contribution >= 0.6 is 11.6 Å². The SMILES string of the molecule is Cc1cccc(-c2ccc(-c3cc4cnc(C)nc4n(CCC4CNCCS4(=O)=O)c3=O)c(Cl)c2)n1. The molecule has 1 aliphatic rings. The Labute approximate surface area is 214 Å². The molecular weight excluding hydrogens is 498 g/mol. The van der Waals surface area contributed by atoms with Gasteiger partial charge in [-0.3, -0.25) is 14.3 Å². The number of hydrogen-bond acceptors (Lipinski definition) is 7. The van der Waals surface area contributed by atoms with Crippen molar-refractivity contribution in [1.29, 1.82) is 0 Å². The minimum atomic E-state index is -3.21. The molecule has 186 valence electrons. The number of pyridine rings is 2. The van der Waals surface area contributed by atoms with Gasteiger partial charge in [0.1, 0.15) is 11.5 Å². The third-order valence-electron chi connectivity index (χ3n) is 6.51. The zero-order valence-electron chi connectivity index (χ0n) is 20.0. The lowest BCUT2D eigenvalue weighted by Crippen LogP contribution is -2.44. The standard InChI is InChI=1S/C26H26ClN5O3S/c1-16-4-3-5-24(30-16)18-6-7-21(23(27)13-18)22-12-19-14-29-17(2)31-25(19)32(26(22)33)10-8-20-15-28-9-11-36(20,34)35/h3-7,12-14,20,28H,8-11,15H2,1-2H3. The van der Waals surface area contributed by atoms with E-state index < -0.39 is 15.1 Å². The molecule has 1 saturated heterocycles. The molecule has 1 aromatic carbocycles. The molecule has 5 rings (SSSR count). The lowest BCUT2D eigenvalue weighted by atomic mass is 10.0. The first kappa shape index (κ1) is 24.5. The number of fused-ring (bicyclic) bond motifs is 1. The van der Waals surface area contributed by atoms with E-state index in [-0.39, 0.29) is 17.9 Å². The monoisotopic (exact) mass is 523 g/mol. The average Bonchev–Trinajstić information content (AvgIpc) is 2.84. The van der Waals surface area contributed by atoms with Crippen LogP contribution < -0.4 is 10.9 Å². The van der Waals surface area contributed by atoms with Crippen LogP contribution in [0.15, 0.2) is 53.5 Å². The summed E-state index contributed by atoms with van der Waals surface area (Å²) in [6, 6.07) is 13.0. The molecule has 0 bridgehead atoms. The first-order valence-electron chi connectivity index (χ1n) is 11.8. The second kappa shape index (κ2) is 9.72. The van der Waals surface area contributed by atoms with Crippen LogP contribution in [-0.4, -0.2) is 52.0 Å². The molecule has 0 aliphatic carbocycles. The van der Waals surface area contributed by atoms with Crippen molar-refractivity contribution in [1.82, 2.24) is 24.8 Å². The molecule has 1 unspecified atom stereocenters. The predicted molar refractivity (Wildman–Crippen MR) is 142 cm³/mol. The van der Waals surface area contributed by atoms with Crippen LogP contribution in [0.5, 0.6) is 0 Å². The molecule has 8 nitrogen and oxygen atoms in total. The quantitative estimate of drug-likeness (QED) is 0.426. The molecule has 0 radical (unpaired) electrons. The topological polar surface area (TPSA) is 107 Å². The molecule has 4 aromatic rings. The Morgan fingerprint density at radius 3 is 2.69 bits per heavy atom. The summed E-state index contributed by atoms with van der Waals surface area (Å²) in [7, 11) is -3.21. The van der Waals surface area contributed by atoms with Gasteiger partial charge in [0.15, 0.2) is 9.84 Å². The number of halogens is 1. The molecule has 1 aliphatic heterocycles. The van der Waals surface area contributed by atoms with E-state index in [1.165, 1.54) is 0 Å². The number of nitrogens with zero attached hydrogens (tertiary/aromatic N) is 4. The Morgan fingerprint density at radius 1 is 1.11 bits per heavy atom. The largest absolute Gasteiger partial charge is 0.314 e. The molecule has 1 fully saturated rings. The van der Waals surface area contributed by atoms with Gasteiger partial charge in [0.05, 0.1) is 16.7 Å². The second-order valence-electron chi connectivity index (χ2n) is 9.05. The van der Waals surface area contributed by atoms with Crippen LogP contribution in [0.4, 0.5) is 0 Å². The Bertz CT molecular complexity index is 1630. The fraction of sp³-hybridized carbons (Fsp3) is 0.308. The maximum absolute atomic E-state index is 13.7. The van der Waals surface area contributed by atoms with Crippen molar-refractivity contribution in [3.05, 3.63) is 75.6 Å². The first-order valence-corrected chi connectivity index (χ1v) is 13.9. The fourth-order valence-electron chi connectivity index (χ4n) is 4.57. The molecule has 10 heteroatoms. The van der Waals surface area contributed by atoms with E-state index >= 15 is 0 Å². The lowest BCUT2D eigenvalue weighted by Gasteiger charge is -2.24. The maximum atomic E-state index is 13.7. The third kappa shape index (κ3) is 4.78. The Balaban J connectivity index is 1.58. The summed E-state index contributed by atoms with van der Waals surface area (Å²) < 4.78 is 26.6. The highest BCUT2D eigenvalue weighted by molar-refractivity contribution is 7.92. The van der Waals surface area contributed by atoms with Gasteiger partial charge in [-0.15, -0.1) is 0 Å². The van der Waals surface area contributed by atoms with Crippen molar-refractivity contribution < 1.29 is 8.42 Å². The van der Waals surface area contributed by atoms with Crippen LogP contribution in [-0.2, 0) is 16.4 Å². The van der Waals surface area contributed by atoms with Gasteiger partial charge in [0.25, 0.3) is 5.56 Å². The first-order chi connectivity index (χ1) is 17.2. The van der Waals surface area contributed by atoms with Crippen molar-refractivity contribution in [2.24, 2.45) is 0 Å². The van der Waals surface area contributed by atoms with Gasteiger partial charge in [0.2, 0.25) is 0 Å². The number of hydrogen-bond donors (Lipinski definition) is 1. The number of aryl methyl sites for hydroxylation is 3. The molecule has 1 atom stereocenters. The second-order valence-corrected chi connectivity index (χ2v) is 11.9. The van der Waals surface area contributed by atoms with E-state index in [4.69, 9.17) is 11.6 Å². The number of rotatable bonds is 5. The summed E-state index contributed by atoms with van der Waals surface area (Å²) in [4.78, 5) is 27.1. The van der Waals surface area contributed by atoms with Crippen LogP contribution in [0.1, 0.15) is 17.9 Å². The van der Waals surface area contributed by atoms with Crippen LogP contribution in [0, 0.1) is 13.8 Å². The van der Waals surface area contributed by atoms with Crippen molar-refractivity contribution in [3.8, 4) is 22.4 Å². The zero-order valence-corrected chi connectivity index (χ0v) is 21.6. The summed E-state index contributed by atoms with van der Waals surface area (Å²) >= 11 is 6.70. The van der Waals surface area contributed by atoms with E-state index in [0.29, 0.717) is 52.5 Å². The highest BCUT2D eigenvalue weighted by atomic mass is 35.5. The minimum absolute atomic E-state index is 0.104. The molecule has 3 aromatic heterocycles. The van der Waals surface area contributed by atoms with Crippen molar-refractivity contribution in [2.45, 2.75) is 32.1 Å². The Morgan fingerprint density at radius 2 is 1.94 bits per heavy atom. The van der Waals surface area contributed by atoms with Gasteiger partial charge in [-0.05, 0) is 44.5 Å². The lowest BCUT2D eigenvalue weighted by molar-refractivity contribution is 0.513. The molecule has 0 amide bonds. The summed E-state index contributed by atoms with van der Waals surface area (Å²) in [6.45, 7) is 4.73. The number of sulfone groups is 1. The normalized spacial score (nSPS) is 17.4. The third-order valence-corrected chi connectivity index (χ3v) is 9.01. The zero-order chi connectivity index (χ0) is 25.4. The van der Waals surface area contributed by atoms with Crippen molar-refractivity contribution in [3.63, 3.8) is 0 Å². The Hall–Kier alpha value is -3.14. The smallest absolute Gasteiger partial charge is 0.260 e. The van der Waals surface area contributed by atoms with E-state index in [1.54, 1.807) is 29.8 Å². The molecule has 36 heavy (non-hydrogen) atoms.